The van der Waals surface area contributed by atoms with Crippen LogP contribution in [0.5, 0.6) is 0 Å². The Morgan fingerprint density at radius 1 is 1.30 bits per heavy atom. The quantitative estimate of drug-likeness (QED) is 0.841. The van der Waals surface area contributed by atoms with Gasteiger partial charge < -0.3 is 11.5 Å². The zero-order valence-corrected chi connectivity index (χ0v) is 11.0. The molecule has 0 unspecified atom stereocenters. The Labute approximate surface area is 117 Å². The number of halogens is 3. The molecule has 0 aliphatic carbocycles. The van der Waals surface area contributed by atoms with Crippen molar-refractivity contribution < 1.29 is 8.78 Å². The first-order valence-corrected chi connectivity index (χ1v) is 5.72. The summed E-state index contributed by atoms with van der Waals surface area (Å²) in [6.45, 7) is 1.24. The molecule has 0 amide bonds. The first kappa shape index (κ1) is 14.0. The second-order valence-corrected chi connectivity index (χ2v) is 4.36. The molecule has 0 aliphatic rings. The maximum Gasteiger partial charge on any atom is 0.222 e. The zero-order valence-electron chi connectivity index (χ0n) is 10.2. The maximum absolute atomic E-state index is 14.2. The summed E-state index contributed by atoms with van der Waals surface area (Å²) in [4.78, 5) is 7.40. The summed E-state index contributed by atoms with van der Waals surface area (Å²) in [5, 5.41) is 8.83. The van der Waals surface area contributed by atoms with Crippen LogP contribution in [-0.4, -0.2) is 9.97 Å². The Bertz CT molecular complexity index is 755. The van der Waals surface area contributed by atoms with Gasteiger partial charge in [0.1, 0.15) is 34.8 Å². The number of aromatic nitrogens is 2. The van der Waals surface area contributed by atoms with Gasteiger partial charge in [0, 0.05) is 5.56 Å². The van der Waals surface area contributed by atoms with Crippen LogP contribution in [0, 0.1) is 29.9 Å². The number of benzene rings is 1. The predicted octanol–water partition coefficient (Wildman–Crippen LogP) is 2.42. The van der Waals surface area contributed by atoms with E-state index in [4.69, 9.17) is 28.3 Å². The topological polar surface area (TPSA) is 102 Å². The van der Waals surface area contributed by atoms with Crippen molar-refractivity contribution in [2.24, 2.45) is 0 Å². The van der Waals surface area contributed by atoms with Gasteiger partial charge in [0.05, 0.1) is 10.6 Å². The third-order valence-electron chi connectivity index (χ3n) is 2.70. The first-order valence-electron chi connectivity index (χ1n) is 5.34. The van der Waals surface area contributed by atoms with Crippen molar-refractivity contribution in [2.45, 2.75) is 6.92 Å². The summed E-state index contributed by atoms with van der Waals surface area (Å²) in [5.74, 6) is -2.17. The Balaban J connectivity index is 2.89. The van der Waals surface area contributed by atoms with E-state index in [1.54, 1.807) is 6.07 Å². The van der Waals surface area contributed by atoms with Crippen molar-refractivity contribution in [3.05, 3.63) is 33.9 Å². The molecule has 20 heavy (non-hydrogen) atoms. The second kappa shape index (κ2) is 4.90. The van der Waals surface area contributed by atoms with E-state index in [0.717, 1.165) is 6.07 Å². The molecule has 1 aromatic heterocycles. The highest BCUT2D eigenvalue weighted by Crippen LogP contribution is 2.35. The molecule has 0 spiro atoms. The number of nitriles is 1. The van der Waals surface area contributed by atoms with Crippen molar-refractivity contribution in [1.29, 1.82) is 5.26 Å². The highest BCUT2D eigenvalue weighted by atomic mass is 35.5. The average Bonchev–Trinajstić information content (AvgIpc) is 2.35. The molecule has 0 saturated carbocycles. The normalized spacial score (nSPS) is 10.3. The fraction of sp³-hybridized carbons (Fsp3) is 0.0833. The van der Waals surface area contributed by atoms with E-state index in [0.29, 0.717) is 0 Å². The molecular formula is C12H8ClF2N5. The van der Waals surface area contributed by atoms with Gasteiger partial charge in [0.2, 0.25) is 5.95 Å². The van der Waals surface area contributed by atoms with E-state index in [-0.39, 0.29) is 39.2 Å². The van der Waals surface area contributed by atoms with Crippen LogP contribution in [0.1, 0.15) is 11.1 Å². The molecule has 0 bridgehead atoms. The summed E-state index contributed by atoms with van der Waals surface area (Å²) in [5.41, 5.74) is 10.2. The number of rotatable bonds is 1. The van der Waals surface area contributed by atoms with Crippen molar-refractivity contribution in [3.8, 4) is 17.3 Å². The summed E-state index contributed by atoms with van der Waals surface area (Å²) in [7, 11) is 0. The average molecular weight is 296 g/mol. The number of nitrogen functional groups attached to an aromatic ring is 2. The zero-order chi connectivity index (χ0) is 15.0. The molecule has 5 nitrogen and oxygen atoms in total. The van der Waals surface area contributed by atoms with Crippen LogP contribution in [0.25, 0.3) is 11.3 Å². The molecule has 102 valence electrons. The van der Waals surface area contributed by atoms with Crippen LogP contribution in [0.2, 0.25) is 5.02 Å². The van der Waals surface area contributed by atoms with Crippen LogP contribution >= 0.6 is 11.6 Å². The lowest BCUT2D eigenvalue weighted by Crippen LogP contribution is -2.06. The number of nitrogens with zero attached hydrogens (tertiary/aromatic N) is 3. The van der Waals surface area contributed by atoms with Crippen molar-refractivity contribution in [1.82, 2.24) is 9.97 Å². The van der Waals surface area contributed by atoms with Crippen LogP contribution in [0.3, 0.4) is 0 Å². The smallest absolute Gasteiger partial charge is 0.222 e. The van der Waals surface area contributed by atoms with E-state index >= 15 is 0 Å². The van der Waals surface area contributed by atoms with Gasteiger partial charge in [-0.05, 0) is 13.0 Å². The third kappa shape index (κ3) is 2.10. The molecule has 1 aromatic carbocycles. The lowest BCUT2D eigenvalue weighted by Gasteiger charge is -2.11. The van der Waals surface area contributed by atoms with E-state index in [2.05, 4.69) is 9.97 Å². The monoisotopic (exact) mass is 295 g/mol. The maximum atomic E-state index is 14.2. The van der Waals surface area contributed by atoms with Gasteiger partial charge in [0.25, 0.3) is 0 Å². The van der Waals surface area contributed by atoms with Crippen LogP contribution in [0.15, 0.2) is 6.07 Å². The lowest BCUT2D eigenvalue weighted by molar-refractivity contribution is 0.570. The molecule has 2 rings (SSSR count). The van der Waals surface area contributed by atoms with Crippen LogP contribution in [-0.2, 0) is 0 Å². The first-order chi connectivity index (χ1) is 9.36. The number of hydrogen-bond acceptors (Lipinski definition) is 5. The molecule has 2 aromatic rings. The van der Waals surface area contributed by atoms with Gasteiger partial charge in [-0.3, -0.25) is 0 Å². The van der Waals surface area contributed by atoms with E-state index in [1.165, 1.54) is 6.92 Å². The molecule has 8 heteroatoms. The van der Waals surface area contributed by atoms with E-state index in [9.17, 15) is 8.78 Å². The fourth-order valence-electron chi connectivity index (χ4n) is 1.69. The molecule has 1 heterocycles. The van der Waals surface area contributed by atoms with Crippen molar-refractivity contribution in [2.75, 3.05) is 11.5 Å². The highest BCUT2D eigenvalue weighted by molar-refractivity contribution is 6.33. The molecule has 4 N–H and O–H groups in total. The molecular weight excluding hydrogens is 288 g/mol. The summed E-state index contributed by atoms with van der Waals surface area (Å²) in [6.07, 6.45) is 0. The fourth-order valence-corrected chi connectivity index (χ4v) is 1.96. The minimum atomic E-state index is -0.927. The van der Waals surface area contributed by atoms with Gasteiger partial charge >= 0.3 is 0 Å². The minimum Gasteiger partial charge on any atom is -0.382 e. The third-order valence-corrected chi connectivity index (χ3v) is 3.00. The highest BCUT2D eigenvalue weighted by Gasteiger charge is 2.22. The Morgan fingerprint density at radius 3 is 2.55 bits per heavy atom. The van der Waals surface area contributed by atoms with E-state index in [1.807, 2.05) is 0 Å². The standard InChI is InChI=1S/C12H8ClF2N5/c1-4-7(14)2-6(13)8(9(4)15)10-5(3-16)11(17)20-12(18)19-10/h2H,1H3,(H4,17,18,19,20). The van der Waals surface area contributed by atoms with E-state index < -0.39 is 11.6 Å². The SMILES string of the molecule is Cc1c(F)cc(Cl)c(-c2nc(N)nc(N)c2C#N)c1F. The van der Waals surface area contributed by atoms with Crippen LogP contribution < -0.4 is 11.5 Å². The summed E-state index contributed by atoms with van der Waals surface area (Å²) >= 11 is 5.84. The second-order valence-electron chi connectivity index (χ2n) is 3.96. The number of nitrogens with two attached hydrogens (primary N) is 2. The van der Waals surface area contributed by atoms with Crippen LogP contribution in [0.4, 0.5) is 20.5 Å². The minimum absolute atomic E-state index is 0.164. The van der Waals surface area contributed by atoms with Gasteiger partial charge in [-0.1, -0.05) is 11.6 Å². The Hall–Kier alpha value is -2.46. The molecule has 0 fully saturated rings. The summed E-state index contributed by atoms with van der Waals surface area (Å²) < 4.78 is 27.6. The largest absolute Gasteiger partial charge is 0.382 e. The summed E-state index contributed by atoms with van der Waals surface area (Å²) in [6, 6.07) is 2.69. The molecule has 0 atom stereocenters. The molecule has 0 aliphatic heterocycles. The lowest BCUT2D eigenvalue weighted by atomic mass is 10.0. The number of anilines is 2. The van der Waals surface area contributed by atoms with Crippen molar-refractivity contribution in [3.63, 3.8) is 0 Å². The van der Waals surface area contributed by atoms with Gasteiger partial charge in [-0.2, -0.15) is 10.2 Å². The van der Waals surface area contributed by atoms with Gasteiger partial charge in [0.15, 0.2) is 0 Å². The Morgan fingerprint density at radius 2 is 1.95 bits per heavy atom. The molecule has 0 saturated heterocycles. The predicted molar refractivity (Wildman–Crippen MR) is 70.7 cm³/mol. The van der Waals surface area contributed by atoms with Crippen molar-refractivity contribution >= 4 is 23.4 Å². The van der Waals surface area contributed by atoms with Gasteiger partial charge in [-0.25, -0.2) is 13.8 Å². The van der Waals surface area contributed by atoms with Gasteiger partial charge in [-0.15, -0.1) is 0 Å². The Kier molecular flexibility index (Phi) is 3.42. The number of hydrogen-bond donors (Lipinski definition) is 2. The molecule has 0 radical (unpaired) electrons.